The van der Waals surface area contributed by atoms with Gasteiger partial charge in [-0.3, -0.25) is 4.79 Å². The van der Waals surface area contributed by atoms with Crippen molar-refractivity contribution < 1.29 is 9.59 Å². The molecule has 0 aliphatic carbocycles. The van der Waals surface area contributed by atoms with E-state index in [1.54, 1.807) is 17.5 Å². The molecule has 0 saturated carbocycles. The van der Waals surface area contributed by atoms with Crippen LogP contribution in [0.2, 0.25) is 0 Å². The minimum atomic E-state index is -0.400. The summed E-state index contributed by atoms with van der Waals surface area (Å²) in [5, 5.41) is 8.73. The Morgan fingerprint density at radius 1 is 1.26 bits per heavy atom. The van der Waals surface area contributed by atoms with Gasteiger partial charge in [0.05, 0.1) is 0 Å². The molecule has 0 radical (unpaired) electrons. The molecule has 1 aromatic heterocycles. The number of carbonyl (C=O) groups is 2. The summed E-state index contributed by atoms with van der Waals surface area (Å²) in [4.78, 5) is 32.8. The molecule has 3 heterocycles. The van der Waals surface area contributed by atoms with Gasteiger partial charge in [-0.2, -0.15) is 0 Å². The first-order valence-electron chi connectivity index (χ1n) is 8.21. The van der Waals surface area contributed by atoms with Crippen LogP contribution in [0.5, 0.6) is 0 Å². The Kier molecular flexibility index (Phi) is 5.32. The van der Waals surface area contributed by atoms with Gasteiger partial charge in [0, 0.05) is 44.3 Å². The zero-order valence-corrected chi connectivity index (χ0v) is 14.0. The third-order valence-corrected chi connectivity index (χ3v) is 5.14. The van der Waals surface area contributed by atoms with Crippen molar-refractivity contribution in [2.24, 2.45) is 0 Å². The smallest absolute Gasteiger partial charge is 0.318 e. The van der Waals surface area contributed by atoms with Gasteiger partial charge in [0.1, 0.15) is 6.04 Å². The molecule has 0 aromatic carbocycles. The number of thiazole rings is 1. The molecule has 7 nitrogen and oxygen atoms in total. The summed E-state index contributed by atoms with van der Waals surface area (Å²) in [6.45, 7) is 3.75. The molecule has 2 aliphatic rings. The SMILES string of the molecule is O=C1NCCCCC1NC(=O)N1CCCN(c2nccs2)CC1. The van der Waals surface area contributed by atoms with Crippen molar-refractivity contribution in [3.05, 3.63) is 11.6 Å². The van der Waals surface area contributed by atoms with Crippen LogP contribution in [0.1, 0.15) is 25.7 Å². The normalized spacial score (nSPS) is 23.0. The molecule has 8 heteroatoms. The second-order valence-electron chi connectivity index (χ2n) is 5.93. The molecule has 1 atom stereocenters. The maximum Gasteiger partial charge on any atom is 0.318 e. The van der Waals surface area contributed by atoms with Gasteiger partial charge in [-0.1, -0.05) is 0 Å². The van der Waals surface area contributed by atoms with Crippen molar-refractivity contribution in [3.8, 4) is 0 Å². The summed E-state index contributed by atoms with van der Waals surface area (Å²) >= 11 is 1.62. The highest BCUT2D eigenvalue weighted by Gasteiger charge is 2.26. The van der Waals surface area contributed by atoms with Gasteiger partial charge in [0.25, 0.3) is 0 Å². The first-order chi connectivity index (χ1) is 11.2. The number of hydrogen-bond donors (Lipinski definition) is 2. The Bertz CT molecular complexity index is 536. The average Bonchev–Trinajstić information content (AvgIpc) is 2.87. The van der Waals surface area contributed by atoms with Crippen LogP contribution < -0.4 is 15.5 Å². The maximum absolute atomic E-state index is 12.5. The first kappa shape index (κ1) is 16.0. The molecule has 3 amide bonds. The molecule has 2 N–H and O–H groups in total. The third-order valence-electron chi connectivity index (χ3n) is 4.31. The molecule has 2 fully saturated rings. The summed E-state index contributed by atoms with van der Waals surface area (Å²) in [7, 11) is 0. The standard InChI is InChI=1S/C15H23N5O2S/c21-13-12(4-1-2-5-16-13)18-14(22)19-7-3-8-20(10-9-19)15-17-6-11-23-15/h6,11-12H,1-5,7-10H2,(H,16,21)(H,18,22). The van der Waals surface area contributed by atoms with E-state index in [1.807, 2.05) is 10.3 Å². The molecule has 3 rings (SSSR count). The van der Waals surface area contributed by atoms with Gasteiger partial charge < -0.3 is 20.4 Å². The molecule has 1 unspecified atom stereocenters. The Morgan fingerprint density at radius 2 is 2.17 bits per heavy atom. The largest absolute Gasteiger partial charge is 0.354 e. The van der Waals surface area contributed by atoms with E-state index < -0.39 is 6.04 Å². The van der Waals surface area contributed by atoms with Crippen LogP contribution in [0.25, 0.3) is 0 Å². The minimum Gasteiger partial charge on any atom is -0.354 e. The molecule has 126 valence electrons. The fraction of sp³-hybridized carbons (Fsp3) is 0.667. The topological polar surface area (TPSA) is 77.6 Å². The van der Waals surface area contributed by atoms with Crippen LogP contribution in [0, 0.1) is 0 Å². The van der Waals surface area contributed by atoms with Crippen LogP contribution >= 0.6 is 11.3 Å². The molecule has 0 bridgehead atoms. The van der Waals surface area contributed by atoms with Crippen molar-refractivity contribution in [2.45, 2.75) is 31.7 Å². The number of anilines is 1. The van der Waals surface area contributed by atoms with Crippen molar-refractivity contribution in [1.29, 1.82) is 0 Å². The second kappa shape index (κ2) is 7.63. The number of urea groups is 1. The minimum absolute atomic E-state index is 0.0601. The fourth-order valence-corrected chi connectivity index (χ4v) is 3.70. The lowest BCUT2D eigenvalue weighted by Gasteiger charge is -2.24. The first-order valence-corrected chi connectivity index (χ1v) is 9.09. The lowest BCUT2D eigenvalue weighted by Crippen LogP contribution is -2.51. The van der Waals surface area contributed by atoms with E-state index in [4.69, 9.17) is 0 Å². The third kappa shape index (κ3) is 4.13. The van der Waals surface area contributed by atoms with E-state index in [9.17, 15) is 9.59 Å². The quantitative estimate of drug-likeness (QED) is 0.845. The van der Waals surface area contributed by atoms with E-state index in [1.165, 1.54) is 0 Å². The summed E-state index contributed by atoms with van der Waals surface area (Å²) < 4.78 is 0. The van der Waals surface area contributed by atoms with Crippen LogP contribution in [0.4, 0.5) is 9.93 Å². The van der Waals surface area contributed by atoms with Crippen LogP contribution in [-0.2, 0) is 4.79 Å². The number of carbonyl (C=O) groups excluding carboxylic acids is 2. The Labute approximate surface area is 140 Å². The van der Waals surface area contributed by atoms with Gasteiger partial charge in [-0.25, -0.2) is 9.78 Å². The van der Waals surface area contributed by atoms with E-state index in [0.717, 1.165) is 43.9 Å². The predicted octanol–water partition coefficient (Wildman–Crippen LogP) is 1.03. The second-order valence-corrected chi connectivity index (χ2v) is 6.80. The Balaban J connectivity index is 1.54. The van der Waals surface area contributed by atoms with Gasteiger partial charge in [-0.15, -0.1) is 11.3 Å². The number of rotatable bonds is 2. The predicted molar refractivity (Wildman–Crippen MR) is 89.7 cm³/mol. The van der Waals surface area contributed by atoms with Crippen LogP contribution in [-0.4, -0.2) is 60.6 Å². The van der Waals surface area contributed by atoms with E-state index in [2.05, 4.69) is 20.5 Å². The zero-order valence-electron chi connectivity index (χ0n) is 13.2. The highest BCUT2D eigenvalue weighted by molar-refractivity contribution is 7.13. The lowest BCUT2D eigenvalue weighted by atomic mass is 10.1. The highest BCUT2D eigenvalue weighted by Crippen LogP contribution is 2.19. The van der Waals surface area contributed by atoms with Crippen LogP contribution in [0.3, 0.4) is 0 Å². The number of nitrogens with one attached hydrogen (secondary N) is 2. The van der Waals surface area contributed by atoms with Crippen molar-refractivity contribution >= 4 is 28.4 Å². The monoisotopic (exact) mass is 337 g/mol. The maximum atomic E-state index is 12.5. The van der Waals surface area contributed by atoms with Crippen molar-refractivity contribution in [2.75, 3.05) is 37.6 Å². The van der Waals surface area contributed by atoms with Gasteiger partial charge in [-0.05, 0) is 25.7 Å². The van der Waals surface area contributed by atoms with E-state index >= 15 is 0 Å². The summed E-state index contributed by atoms with van der Waals surface area (Å²) in [5.74, 6) is -0.0601. The fourth-order valence-electron chi connectivity index (χ4n) is 3.00. The van der Waals surface area contributed by atoms with Crippen LogP contribution in [0.15, 0.2) is 11.6 Å². The molecule has 2 aliphatic heterocycles. The number of hydrogen-bond acceptors (Lipinski definition) is 5. The van der Waals surface area contributed by atoms with E-state index in [-0.39, 0.29) is 11.9 Å². The zero-order chi connectivity index (χ0) is 16.1. The Morgan fingerprint density at radius 3 is 3.00 bits per heavy atom. The van der Waals surface area contributed by atoms with Crippen molar-refractivity contribution in [1.82, 2.24) is 20.5 Å². The average molecular weight is 337 g/mol. The molecule has 2 saturated heterocycles. The lowest BCUT2D eigenvalue weighted by molar-refractivity contribution is -0.122. The molecular formula is C15H23N5O2S. The summed E-state index contributed by atoms with van der Waals surface area (Å²) in [6.07, 6.45) is 5.37. The van der Waals surface area contributed by atoms with Gasteiger partial charge in [0.15, 0.2) is 5.13 Å². The number of amides is 3. The number of nitrogens with zero attached hydrogens (tertiary/aromatic N) is 3. The highest BCUT2D eigenvalue weighted by atomic mass is 32.1. The van der Waals surface area contributed by atoms with Crippen molar-refractivity contribution in [3.63, 3.8) is 0 Å². The molecule has 1 aromatic rings. The van der Waals surface area contributed by atoms with Gasteiger partial charge in [0.2, 0.25) is 5.91 Å². The molecule has 0 spiro atoms. The summed E-state index contributed by atoms with van der Waals surface area (Å²) in [5.41, 5.74) is 0. The van der Waals surface area contributed by atoms with E-state index in [0.29, 0.717) is 19.6 Å². The Hall–Kier alpha value is -1.83. The molecule has 23 heavy (non-hydrogen) atoms. The number of aromatic nitrogens is 1. The summed E-state index contributed by atoms with van der Waals surface area (Å²) in [6, 6.07) is -0.531. The van der Waals surface area contributed by atoms with Gasteiger partial charge >= 0.3 is 6.03 Å². The molecular weight excluding hydrogens is 314 g/mol.